The second-order valence-electron chi connectivity index (χ2n) is 8.92. The van der Waals surface area contributed by atoms with Gasteiger partial charge in [0, 0.05) is 25.7 Å². The lowest BCUT2D eigenvalue weighted by Gasteiger charge is -2.29. The van der Waals surface area contributed by atoms with E-state index in [1.54, 1.807) is 0 Å². The minimum Gasteiger partial charge on any atom is -0.393 e. The molecule has 0 saturated carbocycles. The van der Waals surface area contributed by atoms with Crippen molar-refractivity contribution in [2.75, 3.05) is 23.3 Å². The highest BCUT2D eigenvalue weighted by Gasteiger charge is 2.22. The third kappa shape index (κ3) is 4.54. The molecule has 1 aliphatic rings. The molecule has 0 unspecified atom stereocenters. The van der Waals surface area contributed by atoms with Crippen molar-refractivity contribution < 1.29 is 5.11 Å². The Morgan fingerprint density at radius 1 is 0.970 bits per heavy atom. The Bertz CT molecular complexity index is 1210. The first-order chi connectivity index (χ1) is 16.1. The van der Waals surface area contributed by atoms with Crippen molar-refractivity contribution in [2.24, 2.45) is 0 Å². The zero-order valence-electron chi connectivity index (χ0n) is 19.1. The van der Waals surface area contributed by atoms with Gasteiger partial charge in [0.2, 0.25) is 5.95 Å². The molecular formula is C26H30N6O. The number of fused-ring (bicyclic) bond motifs is 1. The number of aliphatic hydroxyl groups excluding tert-OH is 1. The lowest BCUT2D eigenvalue weighted by molar-refractivity contribution is 0.145. The van der Waals surface area contributed by atoms with E-state index in [0.29, 0.717) is 12.5 Å². The molecule has 2 N–H and O–H groups in total. The van der Waals surface area contributed by atoms with Crippen LogP contribution in [0, 0.1) is 0 Å². The number of aliphatic hydroxyl groups is 1. The molecular weight excluding hydrogens is 412 g/mol. The van der Waals surface area contributed by atoms with Crippen molar-refractivity contribution in [3.63, 3.8) is 0 Å². The number of nitrogens with zero attached hydrogens (tertiary/aromatic N) is 5. The molecule has 2 aromatic heterocycles. The van der Waals surface area contributed by atoms with Gasteiger partial charge in [-0.15, -0.1) is 0 Å². The van der Waals surface area contributed by atoms with Gasteiger partial charge < -0.3 is 19.9 Å². The standard InChI is InChI=1S/C26H30N6O/c1-18(2)32-17-28-23-24(29-26(30-25(23)32)31-14-12-22(33)13-15-31)27-16-19-8-10-21(11-9-19)20-6-4-3-5-7-20/h3-11,17-18,22,33H,12-16H2,1-2H3,(H,27,29,30). The van der Waals surface area contributed by atoms with Gasteiger partial charge in [-0.25, -0.2) is 4.98 Å². The molecule has 5 rings (SSSR count). The van der Waals surface area contributed by atoms with Crippen LogP contribution in [-0.4, -0.2) is 43.8 Å². The summed E-state index contributed by atoms with van der Waals surface area (Å²) >= 11 is 0. The Morgan fingerprint density at radius 3 is 2.36 bits per heavy atom. The van der Waals surface area contributed by atoms with Gasteiger partial charge in [-0.2, -0.15) is 9.97 Å². The predicted molar refractivity (Wildman–Crippen MR) is 132 cm³/mol. The van der Waals surface area contributed by atoms with Crippen molar-refractivity contribution in [3.8, 4) is 11.1 Å². The number of hydrogen-bond donors (Lipinski definition) is 2. The van der Waals surface area contributed by atoms with E-state index in [-0.39, 0.29) is 12.1 Å². The van der Waals surface area contributed by atoms with E-state index >= 15 is 0 Å². The maximum absolute atomic E-state index is 9.89. The molecule has 0 aliphatic carbocycles. The molecule has 2 aromatic carbocycles. The lowest BCUT2D eigenvalue weighted by atomic mass is 10.0. The maximum atomic E-state index is 9.89. The Hall–Kier alpha value is -3.45. The SMILES string of the molecule is CC(C)n1cnc2c(NCc3ccc(-c4ccccc4)cc3)nc(N3CCC(O)CC3)nc21. The second kappa shape index (κ2) is 9.19. The first kappa shape index (κ1) is 21.4. The molecule has 0 radical (unpaired) electrons. The van der Waals surface area contributed by atoms with Crippen LogP contribution in [-0.2, 0) is 6.54 Å². The number of nitrogens with one attached hydrogen (secondary N) is 1. The summed E-state index contributed by atoms with van der Waals surface area (Å²) in [7, 11) is 0. The van der Waals surface area contributed by atoms with E-state index in [4.69, 9.17) is 9.97 Å². The summed E-state index contributed by atoms with van der Waals surface area (Å²) in [6, 6.07) is 19.2. The maximum Gasteiger partial charge on any atom is 0.229 e. The van der Waals surface area contributed by atoms with E-state index in [1.165, 1.54) is 16.7 Å². The highest BCUT2D eigenvalue weighted by atomic mass is 16.3. The largest absolute Gasteiger partial charge is 0.393 e. The third-order valence-electron chi connectivity index (χ3n) is 6.23. The average Bonchev–Trinajstić information content (AvgIpc) is 3.28. The van der Waals surface area contributed by atoms with Gasteiger partial charge in [-0.3, -0.25) is 0 Å². The molecule has 0 atom stereocenters. The van der Waals surface area contributed by atoms with Crippen LogP contribution in [0.3, 0.4) is 0 Å². The van der Waals surface area contributed by atoms with Crippen LogP contribution in [0.2, 0.25) is 0 Å². The summed E-state index contributed by atoms with van der Waals surface area (Å²) in [5.41, 5.74) is 5.21. The lowest BCUT2D eigenvalue weighted by Crippen LogP contribution is -2.37. The summed E-state index contributed by atoms with van der Waals surface area (Å²) in [6.07, 6.45) is 3.08. The Kier molecular flexibility index (Phi) is 5.96. The Labute approximate surface area is 194 Å². The van der Waals surface area contributed by atoms with Crippen molar-refractivity contribution in [1.82, 2.24) is 19.5 Å². The molecule has 0 spiro atoms. The first-order valence-corrected chi connectivity index (χ1v) is 11.6. The summed E-state index contributed by atoms with van der Waals surface area (Å²) in [5, 5.41) is 13.4. The van der Waals surface area contributed by atoms with Crippen molar-refractivity contribution in [2.45, 2.75) is 45.4 Å². The molecule has 1 aliphatic heterocycles. The van der Waals surface area contributed by atoms with E-state index < -0.39 is 0 Å². The van der Waals surface area contributed by atoms with Crippen molar-refractivity contribution >= 4 is 22.9 Å². The Morgan fingerprint density at radius 2 is 1.67 bits per heavy atom. The molecule has 0 amide bonds. The van der Waals surface area contributed by atoms with E-state index in [9.17, 15) is 5.11 Å². The Balaban J connectivity index is 1.41. The molecule has 7 nitrogen and oxygen atoms in total. The highest BCUT2D eigenvalue weighted by molar-refractivity contribution is 5.84. The number of piperidine rings is 1. The molecule has 4 aromatic rings. The number of hydrogen-bond acceptors (Lipinski definition) is 6. The van der Waals surface area contributed by atoms with E-state index in [0.717, 1.165) is 42.9 Å². The number of rotatable bonds is 6. The van der Waals surface area contributed by atoms with Crippen molar-refractivity contribution in [3.05, 3.63) is 66.5 Å². The minimum absolute atomic E-state index is 0.234. The van der Waals surface area contributed by atoms with Gasteiger partial charge in [0.05, 0.1) is 12.4 Å². The van der Waals surface area contributed by atoms with Gasteiger partial charge in [-0.05, 0) is 43.4 Å². The molecule has 1 saturated heterocycles. The monoisotopic (exact) mass is 442 g/mol. The quantitative estimate of drug-likeness (QED) is 0.453. The van der Waals surface area contributed by atoms with Crippen LogP contribution < -0.4 is 10.2 Å². The van der Waals surface area contributed by atoms with Gasteiger partial charge >= 0.3 is 0 Å². The molecule has 1 fully saturated rings. The van der Waals surface area contributed by atoms with Gasteiger partial charge in [0.1, 0.15) is 0 Å². The fourth-order valence-electron chi connectivity index (χ4n) is 4.24. The number of benzene rings is 2. The smallest absolute Gasteiger partial charge is 0.229 e. The summed E-state index contributed by atoms with van der Waals surface area (Å²) in [4.78, 5) is 16.5. The number of imidazole rings is 1. The van der Waals surface area contributed by atoms with Crippen LogP contribution in [0.15, 0.2) is 60.9 Å². The topological polar surface area (TPSA) is 79.1 Å². The molecule has 7 heteroatoms. The highest BCUT2D eigenvalue weighted by Crippen LogP contribution is 2.27. The normalized spacial score (nSPS) is 14.8. The van der Waals surface area contributed by atoms with Gasteiger partial charge in [0.25, 0.3) is 0 Å². The zero-order chi connectivity index (χ0) is 22.8. The summed E-state index contributed by atoms with van der Waals surface area (Å²) in [5.74, 6) is 1.44. The average molecular weight is 443 g/mol. The predicted octanol–water partition coefficient (Wildman–Crippen LogP) is 4.65. The molecule has 3 heterocycles. The zero-order valence-corrected chi connectivity index (χ0v) is 19.1. The minimum atomic E-state index is -0.234. The molecule has 170 valence electrons. The molecule has 0 bridgehead atoms. The first-order valence-electron chi connectivity index (χ1n) is 11.6. The van der Waals surface area contributed by atoms with E-state index in [1.807, 2.05) is 12.4 Å². The van der Waals surface area contributed by atoms with Gasteiger partial charge in [-0.1, -0.05) is 54.6 Å². The fraction of sp³-hybridized carbons (Fsp3) is 0.346. The summed E-state index contributed by atoms with van der Waals surface area (Å²) < 4.78 is 2.08. The number of aromatic nitrogens is 4. The number of anilines is 2. The fourth-order valence-corrected chi connectivity index (χ4v) is 4.24. The second-order valence-corrected chi connectivity index (χ2v) is 8.92. The van der Waals surface area contributed by atoms with Crippen LogP contribution in [0.5, 0.6) is 0 Å². The third-order valence-corrected chi connectivity index (χ3v) is 6.23. The van der Waals surface area contributed by atoms with Crippen LogP contribution >= 0.6 is 0 Å². The van der Waals surface area contributed by atoms with Crippen LogP contribution in [0.25, 0.3) is 22.3 Å². The van der Waals surface area contributed by atoms with Crippen molar-refractivity contribution in [1.29, 1.82) is 0 Å². The van der Waals surface area contributed by atoms with Gasteiger partial charge in [0.15, 0.2) is 17.0 Å². The van der Waals surface area contributed by atoms with E-state index in [2.05, 4.69) is 82.1 Å². The van der Waals surface area contributed by atoms with Crippen LogP contribution in [0.4, 0.5) is 11.8 Å². The van der Waals surface area contributed by atoms with Crippen LogP contribution in [0.1, 0.15) is 38.3 Å². The summed E-state index contributed by atoms with van der Waals surface area (Å²) in [6.45, 7) is 6.41. The molecule has 33 heavy (non-hydrogen) atoms.